The van der Waals surface area contributed by atoms with Crippen LogP contribution >= 0.6 is 15.9 Å². The van der Waals surface area contributed by atoms with Crippen LogP contribution < -0.4 is 11.1 Å². The van der Waals surface area contributed by atoms with Gasteiger partial charge in [0.25, 0.3) is 0 Å². The topological polar surface area (TPSA) is 55.1 Å². The van der Waals surface area contributed by atoms with Crippen molar-refractivity contribution in [1.82, 2.24) is 0 Å². The van der Waals surface area contributed by atoms with Gasteiger partial charge >= 0.3 is 12.2 Å². The number of hydrogen-bond donors (Lipinski definition) is 2. The molecule has 82 valence electrons. The molecule has 3 N–H and O–H groups in total. The van der Waals surface area contributed by atoms with Crippen molar-refractivity contribution < 1.29 is 18.0 Å². The summed E-state index contributed by atoms with van der Waals surface area (Å²) in [4.78, 5) is 10.4. The van der Waals surface area contributed by atoms with E-state index in [4.69, 9.17) is 5.73 Å². The third-order valence-corrected chi connectivity index (χ3v) is 2.20. The summed E-state index contributed by atoms with van der Waals surface area (Å²) in [5.74, 6) is 0. The maximum Gasteiger partial charge on any atom is 0.417 e. The van der Waals surface area contributed by atoms with Crippen molar-refractivity contribution in [3.8, 4) is 0 Å². The normalized spacial score (nSPS) is 11.2. The average molecular weight is 283 g/mol. The lowest BCUT2D eigenvalue weighted by Gasteiger charge is -2.10. The lowest BCUT2D eigenvalue weighted by Crippen LogP contribution is -2.19. The minimum atomic E-state index is -4.43. The van der Waals surface area contributed by atoms with Crippen molar-refractivity contribution >= 4 is 27.6 Å². The first-order chi connectivity index (χ1) is 6.80. The number of carbonyl (C=O) groups is 1. The molecule has 0 aliphatic rings. The van der Waals surface area contributed by atoms with Gasteiger partial charge in [-0.1, -0.05) is 15.9 Å². The van der Waals surface area contributed by atoms with Crippen molar-refractivity contribution in [2.45, 2.75) is 6.18 Å². The standard InChI is InChI=1S/C8H6BrF3N2O/c9-6-3-4(14-7(13)15)1-2-5(6)8(10,11)12/h1-3H,(H3,13,14,15). The molecule has 0 aliphatic heterocycles. The predicted octanol–water partition coefficient (Wildman–Crippen LogP) is 2.96. The van der Waals surface area contributed by atoms with E-state index in [2.05, 4.69) is 21.2 Å². The molecule has 1 aromatic rings. The zero-order valence-corrected chi connectivity index (χ0v) is 8.82. The fourth-order valence-corrected chi connectivity index (χ4v) is 1.57. The second-order valence-corrected chi connectivity index (χ2v) is 3.54. The van der Waals surface area contributed by atoms with Gasteiger partial charge in [-0.15, -0.1) is 0 Å². The largest absolute Gasteiger partial charge is 0.417 e. The minimum Gasteiger partial charge on any atom is -0.351 e. The van der Waals surface area contributed by atoms with E-state index in [0.717, 1.165) is 18.2 Å². The van der Waals surface area contributed by atoms with Crippen molar-refractivity contribution in [1.29, 1.82) is 0 Å². The Balaban J connectivity index is 3.04. The number of alkyl halides is 3. The van der Waals surface area contributed by atoms with Gasteiger partial charge in [0.05, 0.1) is 5.56 Å². The molecule has 7 heteroatoms. The summed E-state index contributed by atoms with van der Waals surface area (Å²) in [5.41, 5.74) is 4.20. The van der Waals surface area contributed by atoms with Crippen LogP contribution in [0.5, 0.6) is 0 Å². The van der Waals surface area contributed by atoms with Crippen LogP contribution in [0.3, 0.4) is 0 Å². The van der Waals surface area contributed by atoms with E-state index in [1.165, 1.54) is 0 Å². The van der Waals surface area contributed by atoms with Gasteiger partial charge in [0.1, 0.15) is 0 Å². The van der Waals surface area contributed by atoms with Gasteiger partial charge in [0.2, 0.25) is 0 Å². The molecule has 2 amide bonds. The minimum absolute atomic E-state index is 0.152. The van der Waals surface area contributed by atoms with Crippen LogP contribution in [0.15, 0.2) is 22.7 Å². The zero-order chi connectivity index (χ0) is 11.6. The van der Waals surface area contributed by atoms with Gasteiger partial charge < -0.3 is 11.1 Å². The molecule has 0 saturated heterocycles. The lowest BCUT2D eigenvalue weighted by atomic mass is 10.2. The molecule has 0 heterocycles. The Bertz CT molecular complexity index is 392. The molecule has 0 aliphatic carbocycles. The molecule has 0 saturated carbocycles. The molecule has 0 atom stereocenters. The third kappa shape index (κ3) is 3.12. The van der Waals surface area contributed by atoms with Gasteiger partial charge in [-0.3, -0.25) is 0 Å². The van der Waals surface area contributed by atoms with E-state index in [1.807, 2.05) is 0 Å². The van der Waals surface area contributed by atoms with Gasteiger partial charge in [-0.05, 0) is 18.2 Å². The van der Waals surface area contributed by atoms with E-state index in [1.54, 1.807) is 0 Å². The molecule has 1 rings (SSSR count). The van der Waals surface area contributed by atoms with Crippen LogP contribution in [0.1, 0.15) is 5.56 Å². The van der Waals surface area contributed by atoms with E-state index in [-0.39, 0.29) is 10.2 Å². The number of amides is 2. The smallest absolute Gasteiger partial charge is 0.351 e. The van der Waals surface area contributed by atoms with Crippen LogP contribution in [0.2, 0.25) is 0 Å². The Hall–Kier alpha value is -1.24. The van der Waals surface area contributed by atoms with Crippen LogP contribution in [-0.2, 0) is 6.18 Å². The van der Waals surface area contributed by atoms with E-state index >= 15 is 0 Å². The van der Waals surface area contributed by atoms with E-state index < -0.39 is 17.8 Å². The number of carbonyl (C=O) groups excluding carboxylic acids is 1. The summed E-state index contributed by atoms with van der Waals surface area (Å²) in [7, 11) is 0. The van der Waals surface area contributed by atoms with Gasteiger partial charge in [-0.2, -0.15) is 13.2 Å². The highest BCUT2D eigenvalue weighted by Crippen LogP contribution is 2.35. The highest BCUT2D eigenvalue weighted by molar-refractivity contribution is 9.10. The second kappa shape index (κ2) is 4.09. The lowest BCUT2D eigenvalue weighted by molar-refractivity contribution is -0.138. The Morgan fingerprint density at radius 3 is 2.40 bits per heavy atom. The van der Waals surface area contributed by atoms with E-state index in [9.17, 15) is 18.0 Å². The maximum absolute atomic E-state index is 12.3. The van der Waals surface area contributed by atoms with Crippen LogP contribution in [0.25, 0.3) is 0 Å². The molecule has 0 aromatic heterocycles. The Kier molecular flexibility index (Phi) is 3.23. The fraction of sp³-hybridized carbons (Fsp3) is 0.125. The predicted molar refractivity (Wildman–Crippen MR) is 52.4 cm³/mol. The molecular formula is C8H6BrF3N2O. The summed E-state index contributed by atoms with van der Waals surface area (Å²) < 4.78 is 36.8. The highest BCUT2D eigenvalue weighted by atomic mass is 79.9. The molecule has 1 aromatic carbocycles. The first kappa shape index (κ1) is 11.8. The third-order valence-electron chi connectivity index (χ3n) is 1.54. The molecule has 0 unspecified atom stereocenters. The molecule has 0 bridgehead atoms. The summed E-state index contributed by atoms with van der Waals surface area (Å²) in [5, 5.41) is 2.17. The number of urea groups is 1. The van der Waals surface area contributed by atoms with Crippen LogP contribution in [0, 0.1) is 0 Å². The number of nitrogens with two attached hydrogens (primary N) is 1. The quantitative estimate of drug-likeness (QED) is 0.818. The van der Waals surface area contributed by atoms with Crippen molar-refractivity contribution in [3.63, 3.8) is 0 Å². The number of rotatable bonds is 1. The molecular weight excluding hydrogens is 277 g/mol. The summed E-state index contributed by atoms with van der Waals surface area (Å²) in [6.07, 6.45) is -4.43. The Morgan fingerprint density at radius 2 is 2.00 bits per heavy atom. The Morgan fingerprint density at radius 1 is 1.40 bits per heavy atom. The van der Waals surface area contributed by atoms with Crippen molar-refractivity contribution in [2.75, 3.05) is 5.32 Å². The first-order valence-electron chi connectivity index (χ1n) is 3.74. The molecule has 0 fully saturated rings. The molecule has 0 radical (unpaired) electrons. The average Bonchev–Trinajstić information content (AvgIpc) is 1.99. The first-order valence-corrected chi connectivity index (χ1v) is 4.53. The molecule has 15 heavy (non-hydrogen) atoms. The van der Waals surface area contributed by atoms with Crippen LogP contribution in [-0.4, -0.2) is 6.03 Å². The zero-order valence-electron chi connectivity index (χ0n) is 7.23. The maximum atomic E-state index is 12.3. The molecule has 3 nitrogen and oxygen atoms in total. The number of hydrogen-bond acceptors (Lipinski definition) is 1. The fourth-order valence-electron chi connectivity index (χ4n) is 0.965. The number of halogens is 4. The van der Waals surface area contributed by atoms with Gasteiger partial charge in [0.15, 0.2) is 0 Å². The van der Waals surface area contributed by atoms with Crippen molar-refractivity contribution in [3.05, 3.63) is 28.2 Å². The number of primary amides is 1. The monoisotopic (exact) mass is 282 g/mol. The summed E-state index contributed by atoms with van der Waals surface area (Å²) in [6, 6.07) is 2.28. The van der Waals surface area contributed by atoms with E-state index in [0.29, 0.717) is 0 Å². The van der Waals surface area contributed by atoms with Gasteiger partial charge in [-0.25, -0.2) is 4.79 Å². The number of anilines is 1. The summed E-state index contributed by atoms with van der Waals surface area (Å²) in [6.45, 7) is 0. The number of benzene rings is 1. The van der Waals surface area contributed by atoms with Crippen LogP contribution in [0.4, 0.5) is 23.7 Å². The SMILES string of the molecule is NC(=O)Nc1ccc(C(F)(F)F)c(Br)c1. The van der Waals surface area contributed by atoms with Crippen molar-refractivity contribution in [2.24, 2.45) is 5.73 Å². The Labute approximate surface area is 91.6 Å². The number of nitrogens with one attached hydrogen (secondary N) is 1. The van der Waals surface area contributed by atoms with Gasteiger partial charge in [0, 0.05) is 10.2 Å². The molecule has 0 spiro atoms. The second-order valence-electron chi connectivity index (χ2n) is 2.68. The highest BCUT2D eigenvalue weighted by Gasteiger charge is 2.32. The summed E-state index contributed by atoms with van der Waals surface area (Å²) >= 11 is 2.76.